The Morgan fingerprint density at radius 3 is 2.64 bits per heavy atom. The van der Waals surface area contributed by atoms with E-state index in [4.69, 9.17) is 5.11 Å². The molecule has 0 saturated heterocycles. The number of hydrogen-bond acceptors (Lipinski definition) is 2. The van der Waals surface area contributed by atoms with Crippen LogP contribution in [0.1, 0.15) is 6.92 Å². The average Bonchev–Trinajstić information content (AvgIpc) is 1.86. The van der Waals surface area contributed by atoms with E-state index in [1.807, 2.05) is 0 Å². The number of carboxylic acid groups (broad SMARTS) is 1. The van der Waals surface area contributed by atoms with Gasteiger partial charge < -0.3 is 5.11 Å². The van der Waals surface area contributed by atoms with Crippen molar-refractivity contribution in [1.82, 2.24) is 0 Å². The molecule has 0 aromatic heterocycles. The number of allylic oxidation sites excluding steroid dienone is 1. The van der Waals surface area contributed by atoms with Crippen LogP contribution in [0.4, 0.5) is 0 Å². The van der Waals surface area contributed by atoms with Crippen LogP contribution >= 0.6 is 15.9 Å². The standard InChI is InChI=1S/C7H8BrNO2/c1-5(7(10)11)3-9-4-6(2)8/h3-4H,1H2,2H3,(H,10,11)/b6-4+,9-3-. The van der Waals surface area contributed by atoms with E-state index in [9.17, 15) is 4.79 Å². The first kappa shape index (κ1) is 10.1. The summed E-state index contributed by atoms with van der Waals surface area (Å²) in [5.41, 5.74) is -0.0324. The quantitative estimate of drug-likeness (QED) is 0.581. The van der Waals surface area contributed by atoms with Crippen molar-refractivity contribution in [2.45, 2.75) is 6.92 Å². The van der Waals surface area contributed by atoms with Gasteiger partial charge in [-0.15, -0.1) is 0 Å². The Morgan fingerprint density at radius 2 is 2.27 bits per heavy atom. The topological polar surface area (TPSA) is 49.7 Å². The van der Waals surface area contributed by atoms with E-state index < -0.39 is 5.97 Å². The first-order valence-electron chi connectivity index (χ1n) is 2.81. The molecule has 3 nitrogen and oxygen atoms in total. The molecule has 0 saturated carbocycles. The van der Waals surface area contributed by atoms with Crippen molar-refractivity contribution in [3.63, 3.8) is 0 Å². The summed E-state index contributed by atoms with van der Waals surface area (Å²) < 4.78 is 0.826. The number of carboxylic acids is 1. The lowest BCUT2D eigenvalue weighted by atomic mass is 10.3. The van der Waals surface area contributed by atoms with Crippen LogP contribution in [0, 0.1) is 0 Å². The van der Waals surface area contributed by atoms with Crippen molar-refractivity contribution in [3.05, 3.63) is 22.8 Å². The largest absolute Gasteiger partial charge is 0.478 e. The van der Waals surface area contributed by atoms with Crippen LogP contribution in [0.5, 0.6) is 0 Å². The van der Waals surface area contributed by atoms with Crippen LogP contribution in [-0.2, 0) is 4.79 Å². The normalized spacial score (nSPS) is 12.0. The van der Waals surface area contributed by atoms with Crippen molar-refractivity contribution >= 4 is 28.1 Å². The van der Waals surface area contributed by atoms with Gasteiger partial charge in [0.2, 0.25) is 0 Å². The number of rotatable bonds is 3. The molecule has 0 atom stereocenters. The number of aliphatic imine (C=N–C) groups is 1. The molecule has 0 aliphatic rings. The molecule has 0 rings (SSSR count). The SMILES string of the molecule is C=C(/C=N\C=C(/C)Br)C(=O)O. The summed E-state index contributed by atoms with van der Waals surface area (Å²) in [6.45, 7) is 5.05. The third kappa shape index (κ3) is 5.54. The maximum Gasteiger partial charge on any atom is 0.336 e. The zero-order valence-electron chi connectivity index (χ0n) is 6.04. The number of nitrogens with zero attached hydrogens (tertiary/aromatic N) is 1. The maximum absolute atomic E-state index is 10.2. The molecule has 0 amide bonds. The molecule has 1 N–H and O–H groups in total. The predicted octanol–water partition coefficient (Wildman–Crippen LogP) is 1.95. The molecule has 0 aliphatic carbocycles. The Hall–Kier alpha value is -0.900. The third-order valence-corrected chi connectivity index (χ3v) is 0.962. The molecular weight excluding hydrogens is 210 g/mol. The molecule has 0 aromatic rings. The summed E-state index contributed by atoms with van der Waals surface area (Å²) in [6, 6.07) is 0. The Labute approximate surface area is 73.3 Å². The van der Waals surface area contributed by atoms with Crippen LogP contribution in [0.25, 0.3) is 0 Å². The van der Waals surface area contributed by atoms with Gasteiger partial charge in [-0.2, -0.15) is 0 Å². The van der Waals surface area contributed by atoms with Crippen molar-refractivity contribution < 1.29 is 9.90 Å². The van der Waals surface area contributed by atoms with E-state index in [1.165, 1.54) is 12.4 Å². The van der Waals surface area contributed by atoms with Crippen molar-refractivity contribution in [2.75, 3.05) is 0 Å². The minimum atomic E-state index is -1.06. The van der Waals surface area contributed by atoms with Gasteiger partial charge in [0.05, 0.1) is 5.57 Å². The molecule has 0 unspecified atom stereocenters. The molecule has 0 aromatic carbocycles. The zero-order valence-corrected chi connectivity index (χ0v) is 7.63. The molecule has 0 radical (unpaired) electrons. The Morgan fingerprint density at radius 1 is 1.73 bits per heavy atom. The number of halogens is 1. The van der Waals surface area contributed by atoms with Crippen LogP contribution in [-0.4, -0.2) is 17.3 Å². The second-order valence-electron chi connectivity index (χ2n) is 1.82. The van der Waals surface area contributed by atoms with Gasteiger partial charge in [0.15, 0.2) is 0 Å². The van der Waals surface area contributed by atoms with E-state index in [-0.39, 0.29) is 5.57 Å². The van der Waals surface area contributed by atoms with Crippen LogP contribution in [0.3, 0.4) is 0 Å². The van der Waals surface area contributed by atoms with Crippen molar-refractivity contribution in [3.8, 4) is 0 Å². The van der Waals surface area contributed by atoms with E-state index >= 15 is 0 Å². The Bertz CT molecular complexity index is 227. The summed E-state index contributed by atoms with van der Waals surface area (Å²) in [5.74, 6) is -1.06. The summed E-state index contributed by atoms with van der Waals surface area (Å²) in [6.07, 6.45) is 2.68. The number of carbonyl (C=O) groups is 1. The summed E-state index contributed by atoms with van der Waals surface area (Å²) in [4.78, 5) is 13.8. The highest BCUT2D eigenvalue weighted by atomic mass is 79.9. The van der Waals surface area contributed by atoms with Gasteiger partial charge in [-0.05, 0) is 6.92 Å². The van der Waals surface area contributed by atoms with E-state index in [0.717, 1.165) is 4.48 Å². The monoisotopic (exact) mass is 217 g/mol. The molecule has 0 aliphatic heterocycles. The lowest BCUT2D eigenvalue weighted by Gasteiger charge is -1.86. The predicted molar refractivity (Wildman–Crippen MR) is 48.0 cm³/mol. The van der Waals surface area contributed by atoms with E-state index in [1.54, 1.807) is 6.92 Å². The van der Waals surface area contributed by atoms with Gasteiger partial charge in [0, 0.05) is 16.9 Å². The Balaban J connectivity index is 4.05. The smallest absolute Gasteiger partial charge is 0.336 e. The fourth-order valence-corrected chi connectivity index (χ4v) is 0.403. The molecule has 0 fully saturated rings. The highest BCUT2D eigenvalue weighted by Gasteiger charge is 1.96. The minimum Gasteiger partial charge on any atom is -0.478 e. The van der Waals surface area contributed by atoms with Gasteiger partial charge in [0.25, 0.3) is 0 Å². The zero-order chi connectivity index (χ0) is 8.85. The molecule has 60 valence electrons. The molecule has 4 heteroatoms. The van der Waals surface area contributed by atoms with Gasteiger partial charge in [0.1, 0.15) is 0 Å². The molecule has 0 heterocycles. The third-order valence-electron chi connectivity index (χ3n) is 0.758. The molecule has 11 heavy (non-hydrogen) atoms. The highest BCUT2D eigenvalue weighted by molar-refractivity contribution is 9.11. The fraction of sp³-hybridized carbons (Fsp3) is 0.143. The number of aliphatic carboxylic acids is 1. The summed E-state index contributed by atoms with van der Waals surface area (Å²) in [7, 11) is 0. The molecule has 0 spiro atoms. The van der Waals surface area contributed by atoms with E-state index in [0.29, 0.717) is 0 Å². The second-order valence-corrected chi connectivity index (χ2v) is 3.08. The first-order chi connectivity index (χ1) is 5.04. The average molecular weight is 218 g/mol. The first-order valence-corrected chi connectivity index (χ1v) is 3.61. The minimum absolute atomic E-state index is 0.0324. The van der Waals surface area contributed by atoms with Crippen LogP contribution in [0.2, 0.25) is 0 Å². The number of hydrogen-bond donors (Lipinski definition) is 1. The lowest BCUT2D eigenvalue weighted by Crippen LogP contribution is -1.98. The lowest BCUT2D eigenvalue weighted by molar-refractivity contribution is -0.131. The maximum atomic E-state index is 10.2. The van der Waals surface area contributed by atoms with Gasteiger partial charge in [-0.3, -0.25) is 4.99 Å². The molecule has 0 bridgehead atoms. The summed E-state index contributed by atoms with van der Waals surface area (Å²) >= 11 is 3.13. The van der Waals surface area contributed by atoms with Gasteiger partial charge in [-0.1, -0.05) is 22.5 Å². The summed E-state index contributed by atoms with van der Waals surface area (Å²) in [5, 5.41) is 8.32. The second kappa shape index (κ2) is 4.85. The van der Waals surface area contributed by atoms with Crippen molar-refractivity contribution in [2.24, 2.45) is 4.99 Å². The van der Waals surface area contributed by atoms with Gasteiger partial charge in [-0.25, -0.2) is 4.79 Å². The molecular formula is C7H8BrNO2. The van der Waals surface area contributed by atoms with Gasteiger partial charge >= 0.3 is 5.97 Å². The highest BCUT2D eigenvalue weighted by Crippen LogP contribution is 2.00. The van der Waals surface area contributed by atoms with Crippen LogP contribution < -0.4 is 0 Å². The van der Waals surface area contributed by atoms with E-state index in [2.05, 4.69) is 27.5 Å². The Kier molecular flexibility index (Phi) is 4.45. The fourth-order valence-electron chi connectivity index (χ4n) is 0.285. The van der Waals surface area contributed by atoms with Crippen molar-refractivity contribution in [1.29, 1.82) is 0 Å². The van der Waals surface area contributed by atoms with Crippen LogP contribution in [0.15, 0.2) is 27.8 Å².